The number of fused-ring (bicyclic) bond motifs is 1. The summed E-state index contributed by atoms with van der Waals surface area (Å²) in [4.78, 5) is 4.52. The normalized spacial score (nSPS) is 12.9. The number of aryl methyl sites for hydroxylation is 2. The highest BCUT2D eigenvalue weighted by Gasteiger charge is 2.08. The molecule has 1 aliphatic rings. The second-order valence-corrected chi connectivity index (χ2v) is 3.73. The van der Waals surface area contributed by atoms with Crippen LogP contribution in [0.15, 0.2) is 23.2 Å². The van der Waals surface area contributed by atoms with Crippen LogP contribution >= 0.6 is 0 Å². The summed E-state index contributed by atoms with van der Waals surface area (Å²) < 4.78 is 0. The van der Waals surface area contributed by atoms with Gasteiger partial charge >= 0.3 is 0 Å². The second kappa shape index (κ2) is 8.98. The molecule has 1 aliphatic heterocycles. The minimum Gasteiger partial charge on any atom is -0.289 e. The van der Waals surface area contributed by atoms with Crippen LogP contribution in [0.5, 0.6) is 0 Å². The number of hydrogen-bond acceptors (Lipinski definition) is 1. The first-order valence-corrected chi connectivity index (χ1v) is 6.88. The topological polar surface area (TPSA) is 12.4 Å². The van der Waals surface area contributed by atoms with E-state index in [0.717, 1.165) is 6.54 Å². The fourth-order valence-electron chi connectivity index (χ4n) is 1.85. The zero-order chi connectivity index (χ0) is 13.3. The first-order valence-electron chi connectivity index (χ1n) is 6.88. The molecule has 2 rings (SSSR count). The van der Waals surface area contributed by atoms with E-state index in [1.54, 1.807) is 0 Å². The van der Waals surface area contributed by atoms with Crippen LogP contribution in [0, 0.1) is 6.92 Å². The molecular formula is C16H27N. The molecule has 0 spiro atoms. The lowest BCUT2D eigenvalue weighted by Gasteiger charge is -2.06. The Morgan fingerprint density at radius 1 is 1.00 bits per heavy atom. The van der Waals surface area contributed by atoms with Crippen LogP contribution in [0.3, 0.4) is 0 Å². The number of rotatable bonds is 0. The Morgan fingerprint density at radius 3 is 2.29 bits per heavy atom. The molecule has 0 saturated heterocycles. The zero-order valence-corrected chi connectivity index (χ0v) is 12.3. The second-order valence-electron chi connectivity index (χ2n) is 3.73. The third-order valence-electron chi connectivity index (χ3n) is 2.61. The fourth-order valence-corrected chi connectivity index (χ4v) is 1.85. The summed E-state index contributed by atoms with van der Waals surface area (Å²) in [6, 6.07) is 6.69. The van der Waals surface area contributed by atoms with Gasteiger partial charge in [0.25, 0.3) is 0 Å². The summed E-state index contributed by atoms with van der Waals surface area (Å²) in [6.45, 7) is 13.2. The minimum absolute atomic E-state index is 0.986. The molecule has 0 fully saturated rings. The average Bonchev–Trinajstić information content (AvgIpc) is 2.57. The van der Waals surface area contributed by atoms with E-state index in [9.17, 15) is 0 Å². The maximum absolute atomic E-state index is 4.52. The van der Waals surface area contributed by atoms with E-state index in [-0.39, 0.29) is 0 Å². The van der Waals surface area contributed by atoms with E-state index in [2.05, 4.69) is 37.0 Å². The zero-order valence-electron chi connectivity index (χ0n) is 12.3. The Hall–Kier alpha value is -1.11. The van der Waals surface area contributed by atoms with Crippen LogP contribution in [0.4, 0.5) is 0 Å². The number of benzene rings is 1. The van der Waals surface area contributed by atoms with E-state index < -0.39 is 0 Å². The van der Waals surface area contributed by atoms with Gasteiger partial charge < -0.3 is 0 Å². The summed E-state index contributed by atoms with van der Waals surface area (Å²) in [5.74, 6) is 0. The first-order chi connectivity index (χ1) is 8.27. The Bertz CT molecular complexity index is 351. The highest BCUT2D eigenvalue weighted by atomic mass is 14.7. The van der Waals surface area contributed by atoms with Gasteiger partial charge in [0, 0.05) is 12.3 Å². The minimum atomic E-state index is 0.986. The molecule has 0 unspecified atom stereocenters. The van der Waals surface area contributed by atoms with Crippen molar-refractivity contribution in [1.82, 2.24) is 0 Å². The van der Waals surface area contributed by atoms with Gasteiger partial charge in [-0.1, -0.05) is 45.4 Å². The molecule has 1 aromatic carbocycles. The molecule has 0 radical (unpaired) electrons. The predicted molar refractivity (Wildman–Crippen MR) is 79.3 cm³/mol. The van der Waals surface area contributed by atoms with Crippen molar-refractivity contribution in [3.63, 3.8) is 0 Å². The van der Waals surface area contributed by atoms with E-state index in [0.29, 0.717) is 0 Å². The molecule has 0 N–H and O–H groups in total. The van der Waals surface area contributed by atoms with Crippen molar-refractivity contribution in [2.24, 2.45) is 4.99 Å². The van der Waals surface area contributed by atoms with Crippen molar-refractivity contribution >= 4 is 5.71 Å². The molecule has 0 aliphatic carbocycles. The van der Waals surface area contributed by atoms with E-state index in [1.807, 2.05) is 27.7 Å². The summed E-state index contributed by atoms with van der Waals surface area (Å²) in [7, 11) is 0. The van der Waals surface area contributed by atoms with Crippen molar-refractivity contribution < 1.29 is 0 Å². The molecule has 1 nitrogen and oxygen atoms in total. The SMILES string of the molecule is CC.CC.CC1=NCCCc2ccc(C)cc21. The molecule has 0 amide bonds. The third-order valence-corrected chi connectivity index (χ3v) is 2.61. The maximum atomic E-state index is 4.52. The quantitative estimate of drug-likeness (QED) is 0.610. The van der Waals surface area contributed by atoms with Gasteiger partial charge in [0.1, 0.15) is 0 Å². The van der Waals surface area contributed by atoms with Crippen LogP contribution in [-0.2, 0) is 6.42 Å². The van der Waals surface area contributed by atoms with Crippen LogP contribution in [0.2, 0.25) is 0 Å². The van der Waals surface area contributed by atoms with E-state index in [1.165, 1.54) is 35.2 Å². The summed E-state index contributed by atoms with van der Waals surface area (Å²) in [6.07, 6.45) is 2.36. The van der Waals surface area contributed by atoms with Crippen molar-refractivity contribution in [1.29, 1.82) is 0 Å². The number of nitrogens with zero attached hydrogens (tertiary/aromatic N) is 1. The highest BCUT2D eigenvalue weighted by Crippen LogP contribution is 2.17. The molecular weight excluding hydrogens is 206 g/mol. The average molecular weight is 233 g/mol. The smallest absolute Gasteiger partial charge is 0.0395 e. The molecule has 1 aromatic rings. The Labute approximate surface area is 107 Å². The summed E-state index contributed by atoms with van der Waals surface area (Å²) in [5, 5.41) is 0. The maximum Gasteiger partial charge on any atom is 0.0395 e. The number of aliphatic imine (C=N–C) groups is 1. The Balaban J connectivity index is 0.000000581. The monoisotopic (exact) mass is 233 g/mol. The van der Waals surface area contributed by atoms with Crippen molar-refractivity contribution in [2.75, 3.05) is 6.54 Å². The molecule has 17 heavy (non-hydrogen) atoms. The van der Waals surface area contributed by atoms with Crippen LogP contribution in [0.25, 0.3) is 0 Å². The van der Waals surface area contributed by atoms with Gasteiger partial charge in [-0.25, -0.2) is 0 Å². The predicted octanol–water partition coefficient (Wildman–Crippen LogP) is 4.80. The molecule has 0 atom stereocenters. The summed E-state index contributed by atoms with van der Waals surface area (Å²) in [5.41, 5.74) is 5.35. The molecule has 1 heterocycles. The molecule has 0 saturated carbocycles. The lowest BCUT2D eigenvalue weighted by Crippen LogP contribution is -1.98. The van der Waals surface area contributed by atoms with Gasteiger partial charge in [-0.3, -0.25) is 4.99 Å². The standard InChI is InChI=1S/C12H15N.2C2H6/c1-9-5-6-11-4-3-7-13-10(2)12(11)8-9;2*1-2/h5-6,8H,3-4,7H2,1-2H3;2*1-2H3. The Morgan fingerprint density at radius 2 is 1.65 bits per heavy atom. The van der Waals surface area contributed by atoms with E-state index in [4.69, 9.17) is 0 Å². The molecule has 96 valence electrons. The highest BCUT2D eigenvalue weighted by molar-refractivity contribution is 6.00. The molecule has 0 aromatic heterocycles. The van der Waals surface area contributed by atoms with Gasteiger partial charge in [-0.05, 0) is 43.9 Å². The lowest BCUT2D eigenvalue weighted by atomic mass is 9.99. The van der Waals surface area contributed by atoms with Crippen molar-refractivity contribution in [3.8, 4) is 0 Å². The Kier molecular flexibility index (Phi) is 8.39. The van der Waals surface area contributed by atoms with Gasteiger partial charge in [0.2, 0.25) is 0 Å². The van der Waals surface area contributed by atoms with E-state index >= 15 is 0 Å². The first kappa shape index (κ1) is 15.9. The van der Waals surface area contributed by atoms with Gasteiger partial charge in [0.05, 0.1) is 0 Å². The van der Waals surface area contributed by atoms with Gasteiger partial charge in [-0.2, -0.15) is 0 Å². The van der Waals surface area contributed by atoms with Gasteiger partial charge in [0.15, 0.2) is 0 Å². The van der Waals surface area contributed by atoms with Crippen molar-refractivity contribution in [3.05, 3.63) is 34.9 Å². The number of hydrogen-bond donors (Lipinski definition) is 0. The fraction of sp³-hybridized carbons (Fsp3) is 0.562. The summed E-state index contributed by atoms with van der Waals surface area (Å²) >= 11 is 0. The van der Waals surface area contributed by atoms with Crippen LogP contribution < -0.4 is 0 Å². The third kappa shape index (κ3) is 4.72. The van der Waals surface area contributed by atoms with Crippen LogP contribution in [-0.4, -0.2) is 12.3 Å². The molecule has 0 bridgehead atoms. The largest absolute Gasteiger partial charge is 0.289 e. The lowest BCUT2D eigenvalue weighted by molar-refractivity contribution is 0.844. The van der Waals surface area contributed by atoms with Crippen molar-refractivity contribution in [2.45, 2.75) is 54.4 Å². The van der Waals surface area contributed by atoms with Crippen LogP contribution in [0.1, 0.15) is 57.7 Å². The van der Waals surface area contributed by atoms with Gasteiger partial charge in [-0.15, -0.1) is 0 Å². The molecule has 1 heteroatoms.